The Kier molecular flexibility index (Phi) is 5.09. The maximum atomic E-state index is 12.6. The van der Waals surface area contributed by atoms with Crippen molar-refractivity contribution in [1.82, 2.24) is 0 Å². The molecule has 0 radical (unpaired) electrons. The van der Waals surface area contributed by atoms with Gasteiger partial charge < -0.3 is 25.4 Å². The normalized spacial score (nSPS) is 14.2. The Morgan fingerprint density at radius 1 is 1.24 bits per heavy atom. The number of nitrogen functional groups attached to an aromatic ring is 1. The highest BCUT2D eigenvalue weighted by atomic mass is 16.5. The predicted octanol–water partition coefficient (Wildman–Crippen LogP) is 2.67. The molecular formula is C19H23N3O3. The van der Waals surface area contributed by atoms with Gasteiger partial charge in [0.1, 0.15) is 5.75 Å². The van der Waals surface area contributed by atoms with E-state index < -0.39 is 0 Å². The van der Waals surface area contributed by atoms with Gasteiger partial charge in [-0.3, -0.25) is 4.79 Å². The van der Waals surface area contributed by atoms with Crippen molar-refractivity contribution in [3.05, 3.63) is 47.5 Å². The number of para-hydroxylation sites is 1. The molecule has 6 heteroatoms. The zero-order valence-electron chi connectivity index (χ0n) is 14.5. The minimum atomic E-state index is -0.223. The monoisotopic (exact) mass is 341 g/mol. The molecule has 132 valence electrons. The van der Waals surface area contributed by atoms with Gasteiger partial charge in [0.2, 0.25) is 0 Å². The summed E-state index contributed by atoms with van der Waals surface area (Å²) in [6.07, 6.45) is 0. The average Bonchev–Trinajstić information content (AvgIpc) is 2.62. The number of amides is 1. The number of aryl methyl sites for hydroxylation is 1. The van der Waals surface area contributed by atoms with E-state index in [4.69, 9.17) is 15.2 Å². The van der Waals surface area contributed by atoms with Crippen molar-refractivity contribution < 1.29 is 14.3 Å². The number of nitrogens with zero attached hydrogens (tertiary/aromatic N) is 1. The minimum Gasteiger partial charge on any atom is -0.496 e. The number of nitrogens with one attached hydrogen (secondary N) is 1. The average molecular weight is 341 g/mol. The second-order valence-electron chi connectivity index (χ2n) is 5.98. The molecule has 1 heterocycles. The number of ether oxygens (including phenoxy) is 2. The lowest BCUT2D eigenvalue weighted by atomic mass is 10.1. The van der Waals surface area contributed by atoms with Gasteiger partial charge in [-0.1, -0.05) is 12.1 Å². The van der Waals surface area contributed by atoms with Gasteiger partial charge in [0.05, 0.1) is 37.3 Å². The number of carbonyl (C=O) groups excluding carboxylic acids is 1. The summed E-state index contributed by atoms with van der Waals surface area (Å²) in [5, 5.41) is 2.89. The van der Waals surface area contributed by atoms with Crippen LogP contribution in [0.15, 0.2) is 36.4 Å². The summed E-state index contributed by atoms with van der Waals surface area (Å²) in [6, 6.07) is 11.1. The number of hydrogen-bond acceptors (Lipinski definition) is 5. The molecule has 0 aliphatic carbocycles. The van der Waals surface area contributed by atoms with Crippen LogP contribution < -0.4 is 20.7 Å². The van der Waals surface area contributed by atoms with Crippen LogP contribution in [-0.2, 0) is 4.74 Å². The molecule has 0 bridgehead atoms. The van der Waals surface area contributed by atoms with Crippen molar-refractivity contribution in [2.24, 2.45) is 0 Å². The molecule has 0 spiro atoms. The number of nitrogens with two attached hydrogens (primary N) is 1. The highest BCUT2D eigenvalue weighted by Gasteiger charge is 2.16. The van der Waals surface area contributed by atoms with Crippen LogP contribution in [0, 0.1) is 6.92 Å². The van der Waals surface area contributed by atoms with Crippen LogP contribution in [0.2, 0.25) is 0 Å². The van der Waals surface area contributed by atoms with E-state index in [-0.39, 0.29) is 5.91 Å². The Bertz CT molecular complexity index is 771. The molecule has 0 saturated carbocycles. The van der Waals surface area contributed by atoms with E-state index in [9.17, 15) is 4.79 Å². The first kappa shape index (κ1) is 17.1. The number of morpholine rings is 1. The molecule has 25 heavy (non-hydrogen) atoms. The Hall–Kier alpha value is -2.73. The quantitative estimate of drug-likeness (QED) is 0.836. The Morgan fingerprint density at radius 3 is 2.68 bits per heavy atom. The Labute approximate surface area is 147 Å². The van der Waals surface area contributed by atoms with E-state index in [0.29, 0.717) is 35.9 Å². The van der Waals surface area contributed by atoms with Crippen molar-refractivity contribution in [3.63, 3.8) is 0 Å². The first-order valence-corrected chi connectivity index (χ1v) is 8.27. The molecule has 1 aliphatic rings. The lowest BCUT2D eigenvalue weighted by molar-refractivity contribution is 0.102. The van der Waals surface area contributed by atoms with Gasteiger partial charge in [0.15, 0.2) is 0 Å². The standard InChI is InChI=1S/C19H23N3O3/c1-13-4-3-5-15(18(13)24-2)19(23)21-14-6-7-17(16(20)12-14)22-8-10-25-11-9-22/h3-7,12H,8-11,20H2,1-2H3,(H,21,23). The fourth-order valence-corrected chi connectivity index (χ4v) is 3.03. The van der Waals surface area contributed by atoms with E-state index in [2.05, 4.69) is 10.2 Å². The maximum absolute atomic E-state index is 12.6. The maximum Gasteiger partial charge on any atom is 0.259 e. The topological polar surface area (TPSA) is 76.8 Å². The summed E-state index contributed by atoms with van der Waals surface area (Å²) in [7, 11) is 1.56. The molecule has 2 aromatic carbocycles. The number of rotatable bonds is 4. The second kappa shape index (κ2) is 7.44. The number of carbonyl (C=O) groups is 1. The van der Waals surface area contributed by atoms with Crippen LogP contribution in [0.5, 0.6) is 5.75 Å². The largest absolute Gasteiger partial charge is 0.496 e. The SMILES string of the molecule is COc1c(C)cccc1C(=O)Nc1ccc(N2CCOCC2)c(N)c1. The molecule has 3 N–H and O–H groups in total. The molecule has 2 aromatic rings. The van der Waals surface area contributed by atoms with Crippen molar-refractivity contribution in [3.8, 4) is 5.75 Å². The molecule has 0 aromatic heterocycles. The molecule has 1 saturated heterocycles. The van der Waals surface area contributed by atoms with Gasteiger partial charge in [-0.25, -0.2) is 0 Å². The molecule has 1 aliphatic heterocycles. The van der Waals surface area contributed by atoms with Crippen LogP contribution in [0.25, 0.3) is 0 Å². The van der Waals surface area contributed by atoms with E-state index in [0.717, 1.165) is 24.3 Å². The molecule has 0 atom stereocenters. The summed E-state index contributed by atoms with van der Waals surface area (Å²) in [5.41, 5.74) is 9.86. The Morgan fingerprint density at radius 2 is 2.00 bits per heavy atom. The number of benzene rings is 2. The fraction of sp³-hybridized carbons (Fsp3) is 0.316. The van der Waals surface area contributed by atoms with E-state index in [1.54, 1.807) is 19.2 Å². The lowest BCUT2D eigenvalue weighted by Crippen LogP contribution is -2.36. The summed E-state index contributed by atoms with van der Waals surface area (Å²) in [5.74, 6) is 0.358. The van der Waals surface area contributed by atoms with Crippen molar-refractivity contribution in [2.45, 2.75) is 6.92 Å². The van der Waals surface area contributed by atoms with E-state index >= 15 is 0 Å². The second-order valence-corrected chi connectivity index (χ2v) is 5.98. The summed E-state index contributed by atoms with van der Waals surface area (Å²) < 4.78 is 10.7. The van der Waals surface area contributed by atoms with Crippen molar-refractivity contribution >= 4 is 23.0 Å². The third kappa shape index (κ3) is 3.69. The van der Waals surface area contributed by atoms with Crippen LogP contribution in [-0.4, -0.2) is 39.3 Å². The van der Waals surface area contributed by atoms with Crippen molar-refractivity contribution in [1.29, 1.82) is 0 Å². The first-order valence-electron chi connectivity index (χ1n) is 8.27. The Balaban J connectivity index is 1.78. The molecule has 1 fully saturated rings. The summed E-state index contributed by atoms with van der Waals surface area (Å²) in [6.45, 7) is 4.94. The predicted molar refractivity (Wildman–Crippen MR) is 99.6 cm³/mol. The van der Waals surface area contributed by atoms with Crippen LogP contribution in [0.1, 0.15) is 15.9 Å². The zero-order valence-corrected chi connectivity index (χ0v) is 14.5. The number of anilines is 3. The van der Waals surface area contributed by atoms with Gasteiger partial charge in [-0.2, -0.15) is 0 Å². The summed E-state index contributed by atoms with van der Waals surface area (Å²) in [4.78, 5) is 14.8. The van der Waals surface area contributed by atoms with Crippen LogP contribution >= 0.6 is 0 Å². The van der Waals surface area contributed by atoms with Crippen LogP contribution in [0.3, 0.4) is 0 Å². The highest BCUT2D eigenvalue weighted by Crippen LogP contribution is 2.28. The molecule has 0 unspecified atom stereocenters. The van der Waals surface area contributed by atoms with Gasteiger partial charge >= 0.3 is 0 Å². The fourth-order valence-electron chi connectivity index (χ4n) is 3.03. The van der Waals surface area contributed by atoms with E-state index in [1.165, 1.54) is 0 Å². The molecule has 3 rings (SSSR count). The summed E-state index contributed by atoms with van der Waals surface area (Å²) >= 11 is 0. The van der Waals surface area contributed by atoms with Crippen LogP contribution in [0.4, 0.5) is 17.1 Å². The first-order chi connectivity index (χ1) is 12.1. The molecule has 6 nitrogen and oxygen atoms in total. The van der Waals surface area contributed by atoms with Gasteiger partial charge in [-0.05, 0) is 36.8 Å². The minimum absolute atomic E-state index is 0.223. The smallest absolute Gasteiger partial charge is 0.259 e. The molecular weight excluding hydrogens is 318 g/mol. The van der Waals surface area contributed by atoms with Crippen molar-refractivity contribution in [2.75, 3.05) is 49.4 Å². The van der Waals surface area contributed by atoms with Gasteiger partial charge in [-0.15, -0.1) is 0 Å². The number of methoxy groups -OCH3 is 1. The molecule has 1 amide bonds. The van der Waals surface area contributed by atoms with Gasteiger partial charge in [0, 0.05) is 18.8 Å². The van der Waals surface area contributed by atoms with Gasteiger partial charge in [0.25, 0.3) is 5.91 Å². The lowest BCUT2D eigenvalue weighted by Gasteiger charge is -2.30. The zero-order chi connectivity index (χ0) is 17.8. The van der Waals surface area contributed by atoms with E-state index in [1.807, 2.05) is 31.2 Å². The third-order valence-corrected chi connectivity index (χ3v) is 4.30. The number of hydrogen-bond donors (Lipinski definition) is 2. The third-order valence-electron chi connectivity index (χ3n) is 4.30. The highest BCUT2D eigenvalue weighted by molar-refractivity contribution is 6.06.